The fourth-order valence-electron chi connectivity index (χ4n) is 2.04. The molecule has 0 saturated heterocycles. The third-order valence-electron chi connectivity index (χ3n) is 2.95. The SMILES string of the molecule is COc1cc(-n2c(N)nc3cc(Br)cnc32)c(Br)cc1Br. The molecule has 0 fully saturated rings. The van der Waals surface area contributed by atoms with Crippen molar-refractivity contribution in [2.24, 2.45) is 0 Å². The molecule has 108 valence electrons. The summed E-state index contributed by atoms with van der Waals surface area (Å²) in [5.41, 5.74) is 8.27. The van der Waals surface area contributed by atoms with E-state index < -0.39 is 0 Å². The van der Waals surface area contributed by atoms with E-state index >= 15 is 0 Å². The first-order valence-electron chi connectivity index (χ1n) is 5.84. The van der Waals surface area contributed by atoms with Crippen LogP contribution in [0.4, 0.5) is 5.95 Å². The number of imidazole rings is 1. The Morgan fingerprint density at radius 2 is 1.90 bits per heavy atom. The molecule has 0 amide bonds. The second-order valence-electron chi connectivity index (χ2n) is 4.24. The van der Waals surface area contributed by atoms with Gasteiger partial charge in [-0.25, -0.2) is 9.97 Å². The minimum Gasteiger partial charge on any atom is -0.495 e. The van der Waals surface area contributed by atoms with Crippen LogP contribution in [0.1, 0.15) is 0 Å². The van der Waals surface area contributed by atoms with E-state index in [1.54, 1.807) is 17.9 Å². The number of benzene rings is 1. The molecule has 5 nitrogen and oxygen atoms in total. The summed E-state index contributed by atoms with van der Waals surface area (Å²) in [7, 11) is 1.61. The van der Waals surface area contributed by atoms with Crippen molar-refractivity contribution in [3.8, 4) is 11.4 Å². The average Bonchev–Trinajstić information content (AvgIpc) is 2.74. The van der Waals surface area contributed by atoms with E-state index in [4.69, 9.17) is 10.5 Å². The first-order chi connectivity index (χ1) is 10.0. The van der Waals surface area contributed by atoms with Crippen molar-refractivity contribution in [3.63, 3.8) is 0 Å². The van der Waals surface area contributed by atoms with Crippen molar-refractivity contribution in [3.05, 3.63) is 37.8 Å². The Labute approximate surface area is 145 Å². The molecular weight excluding hydrogens is 468 g/mol. The van der Waals surface area contributed by atoms with Crippen LogP contribution >= 0.6 is 47.8 Å². The van der Waals surface area contributed by atoms with Crippen LogP contribution in [0, 0.1) is 0 Å². The van der Waals surface area contributed by atoms with Gasteiger partial charge < -0.3 is 10.5 Å². The highest BCUT2D eigenvalue weighted by Gasteiger charge is 2.16. The van der Waals surface area contributed by atoms with E-state index in [-0.39, 0.29) is 0 Å². The lowest BCUT2D eigenvalue weighted by Crippen LogP contribution is -2.03. The van der Waals surface area contributed by atoms with E-state index in [9.17, 15) is 0 Å². The number of aromatic nitrogens is 3. The van der Waals surface area contributed by atoms with Gasteiger partial charge in [0.1, 0.15) is 11.3 Å². The fourth-order valence-corrected chi connectivity index (χ4v) is 3.69. The largest absolute Gasteiger partial charge is 0.495 e. The molecule has 0 aliphatic carbocycles. The van der Waals surface area contributed by atoms with Gasteiger partial charge in [0.15, 0.2) is 5.65 Å². The Balaban J connectivity index is 2.32. The predicted octanol–water partition coefficient (Wildman–Crippen LogP) is 4.30. The highest BCUT2D eigenvalue weighted by atomic mass is 79.9. The first-order valence-corrected chi connectivity index (χ1v) is 8.22. The number of halogens is 3. The van der Waals surface area contributed by atoms with Crippen molar-refractivity contribution < 1.29 is 4.74 Å². The highest BCUT2D eigenvalue weighted by Crippen LogP contribution is 2.36. The lowest BCUT2D eigenvalue weighted by atomic mass is 10.3. The van der Waals surface area contributed by atoms with E-state index in [0.717, 1.165) is 24.6 Å². The topological polar surface area (TPSA) is 66.0 Å². The number of nitrogen functional groups attached to an aromatic ring is 1. The molecule has 3 rings (SSSR count). The third kappa shape index (κ3) is 2.56. The maximum atomic E-state index is 6.06. The summed E-state index contributed by atoms with van der Waals surface area (Å²) < 4.78 is 9.67. The summed E-state index contributed by atoms with van der Waals surface area (Å²) >= 11 is 10.4. The van der Waals surface area contributed by atoms with E-state index in [2.05, 4.69) is 57.8 Å². The van der Waals surface area contributed by atoms with Crippen LogP contribution in [0.5, 0.6) is 5.75 Å². The highest BCUT2D eigenvalue weighted by molar-refractivity contribution is 9.11. The molecule has 3 aromatic rings. The van der Waals surface area contributed by atoms with Crippen molar-refractivity contribution >= 4 is 64.9 Å². The fraction of sp³-hybridized carbons (Fsp3) is 0.0769. The number of ether oxygens (including phenoxy) is 1. The van der Waals surface area contributed by atoms with Crippen LogP contribution in [0.15, 0.2) is 37.8 Å². The molecule has 1 aromatic carbocycles. The van der Waals surface area contributed by atoms with Crippen molar-refractivity contribution in [1.29, 1.82) is 0 Å². The Bertz CT molecular complexity index is 847. The summed E-state index contributed by atoms with van der Waals surface area (Å²) in [6, 6.07) is 5.65. The maximum Gasteiger partial charge on any atom is 0.207 e. The van der Waals surface area contributed by atoms with Gasteiger partial charge >= 0.3 is 0 Å². The number of anilines is 1. The number of hydrogen-bond donors (Lipinski definition) is 1. The Kier molecular flexibility index (Phi) is 3.94. The quantitative estimate of drug-likeness (QED) is 0.599. The van der Waals surface area contributed by atoms with Crippen LogP contribution in [-0.4, -0.2) is 21.6 Å². The number of pyridine rings is 1. The van der Waals surface area contributed by atoms with Gasteiger partial charge in [-0.05, 0) is 59.9 Å². The maximum absolute atomic E-state index is 6.06. The minimum atomic E-state index is 0.362. The zero-order valence-electron chi connectivity index (χ0n) is 10.8. The van der Waals surface area contributed by atoms with E-state index in [1.807, 2.05) is 18.2 Å². The van der Waals surface area contributed by atoms with Crippen molar-refractivity contribution in [2.45, 2.75) is 0 Å². The molecule has 0 unspecified atom stereocenters. The molecule has 0 spiro atoms. The minimum absolute atomic E-state index is 0.362. The summed E-state index contributed by atoms with van der Waals surface area (Å²) in [6.07, 6.45) is 1.71. The Morgan fingerprint density at radius 1 is 1.14 bits per heavy atom. The molecule has 2 N–H and O–H groups in total. The predicted molar refractivity (Wildman–Crippen MR) is 92.9 cm³/mol. The van der Waals surface area contributed by atoms with Gasteiger partial charge in [0, 0.05) is 21.2 Å². The lowest BCUT2D eigenvalue weighted by molar-refractivity contribution is 0.412. The Morgan fingerprint density at radius 3 is 2.62 bits per heavy atom. The van der Waals surface area contributed by atoms with Gasteiger partial charge in [-0.1, -0.05) is 0 Å². The molecule has 0 radical (unpaired) electrons. The number of nitrogens with zero attached hydrogens (tertiary/aromatic N) is 3. The molecule has 0 aliphatic rings. The molecule has 2 aromatic heterocycles. The van der Waals surface area contributed by atoms with Crippen molar-refractivity contribution in [1.82, 2.24) is 14.5 Å². The molecule has 0 bridgehead atoms. The summed E-state index contributed by atoms with van der Waals surface area (Å²) in [5, 5.41) is 0. The Hall–Kier alpha value is -1.12. The molecule has 0 saturated carbocycles. The number of hydrogen-bond acceptors (Lipinski definition) is 4. The molecule has 2 heterocycles. The zero-order chi connectivity index (χ0) is 15.1. The van der Waals surface area contributed by atoms with Gasteiger partial charge in [0.2, 0.25) is 5.95 Å². The van der Waals surface area contributed by atoms with Gasteiger partial charge in [0.25, 0.3) is 0 Å². The number of rotatable bonds is 2. The molecule has 0 atom stereocenters. The van der Waals surface area contributed by atoms with Crippen LogP contribution < -0.4 is 10.5 Å². The molecule has 8 heteroatoms. The van der Waals surface area contributed by atoms with E-state index in [0.29, 0.717) is 17.3 Å². The molecule has 21 heavy (non-hydrogen) atoms. The second-order valence-corrected chi connectivity index (χ2v) is 6.86. The number of methoxy groups -OCH3 is 1. The molecular formula is C13H9Br3N4O. The van der Waals surface area contributed by atoms with Gasteiger partial charge in [-0.3, -0.25) is 4.57 Å². The lowest BCUT2D eigenvalue weighted by Gasteiger charge is -2.12. The van der Waals surface area contributed by atoms with Crippen molar-refractivity contribution in [2.75, 3.05) is 12.8 Å². The number of fused-ring (bicyclic) bond motifs is 1. The summed E-state index contributed by atoms with van der Waals surface area (Å²) in [6.45, 7) is 0. The van der Waals surface area contributed by atoms with Crippen LogP contribution in [0.3, 0.4) is 0 Å². The average molecular weight is 477 g/mol. The normalized spacial score (nSPS) is 11.0. The van der Waals surface area contributed by atoms with E-state index in [1.165, 1.54) is 0 Å². The monoisotopic (exact) mass is 474 g/mol. The van der Waals surface area contributed by atoms with Gasteiger partial charge in [-0.15, -0.1) is 0 Å². The second kappa shape index (κ2) is 5.58. The standard InChI is InChI=1S/C13H9Br3N4O/c1-21-11-4-10(7(15)3-8(11)16)20-12-9(19-13(20)17)2-6(14)5-18-12/h2-5H,1H3,(H2,17,19). The van der Waals surface area contributed by atoms with Gasteiger partial charge in [0.05, 0.1) is 17.3 Å². The van der Waals surface area contributed by atoms with Crippen LogP contribution in [-0.2, 0) is 0 Å². The summed E-state index contributed by atoms with van der Waals surface area (Å²) in [5.74, 6) is 1.06. The van der Waals surface area contributed by atoms with Crippen LogP contribution in [0.2, 0.25) is 0 Å². The third-order valence-corrected chi connectivity index (χ3v) is 4.64. The van der Waals surface area contributed by atoms with Crippen LogP contribution in [0.25, 0.3) is 16.9 Å². The first kappa shape index (κ1) is 14.8. The van der Waals surface area contributed by atoms with Gasteiger partial charge in [-0.2, -0.15) is 0 Å². The zero-order valence-corrected chi connectivity index (χ0v) is 15.5. The number of nitrogens with two attached hydrogens (primary N) is 1. The smallest absolute Gasteiger partial charge is 0.207 e. The molecule has 0 aliphatic heterocycles. The summed E-state index contributed by atoms with van der Waals surface area (Å²) in [4.78, 5) is 8.74.